The molecule has 0 bridgehead atoms. The summed E-state index contributed by atoms with van der Waals surface area (Å²) in [7, 11) is 0. The van der Waals surface area contributed by atoms with Crippen molar-refractivity contribution in [1.82, 2.24) is 19.9 Å². The summed E-state index contributed by atoms with van der Waals surface area (Å²) < 4.78 is 5.46. The molecule has 0 saturated heterocycles. The van der Waals surface area contributed by atoms with Crippen molar-refractivity contribution in [2.24, 2.45) is 0 Å². The minimum absolute atomic E-state index is 0.107. The van der Waals surface area contributed by atoms with E-state index in [1.165, 1.54) is 11.8 Å². The third kappa shape index (κ3) is 3.29. The van der Waals surface area contributed by atoms with Crippen LogP contribution in [0.4, 0.5) is 11.9 Å². The first-order valence-corrected chi connectivity index (χ1v) is 7.09. The van der Waals surface area contributed by atoms with Crippen molar-refractivity contribution in [3.05, 3.63) is 42.3 Å². The van der Waals surface area contributed by atoms with Crippen LogP contribution < -0.4 is 11.5 Å². The fraction of sp³-hybridized carbons (Fsp3) is 0.0769. The topological polar surface area (TPSA) is 117 Å². The highest BCUT2D eigenvalue weighted by Gasteiger charge is 2.08. The van der Waals surface area contributed by atoms with Crippen molar-refractivity contribution in [3.8, 4) is 11.5 Å². The van der Waals surface area contributed by atoms with Crippen molar-refractivity contribution in [2.75, 3.05) is 11.5 Å². The van der Waals surface area contributed by atoms with Crippen LogP contribution >= 0.6 is 11.8 Å². The molecule has 1 aromatic carbocycles. The molecule has 0 saturated carbocycles. The maximum atomic E-state index is 5.52. The maximum absolute atomic E-state index is 5.52. The highest BCUT2D eigenvalue weighted by Crippen LogP contribution is 2.23. The van der Waals surface area contributed by atoms with Gasteiger partial charge in [0.2, 0.25) is 17.8 Å². The number of anilines is 2. The van der Waals surface area contributed by atoms with Crippen molar-refractivity contribution < 1.29 is 4.42 Å². The standard InChI is InChI=1S/C13H12N6OS/c14-11-17-12(15)19-13(18-11)21-7-9-6-20-10(16-9)8-4-2-1-3-5-8/h1-6H,7H2,(H4,14,15,17,18,19). The van der Waals surface area contributed by atoms with Gasteiger partial charge in [-0.15, -0.1) is 0 Å². The lowest BCUT2D eigenvalue weighted by atomic mass is 10.2. The van der Waals surface area contributed by atoms with Crippen molar-refractivity contribution in [3.63, 3.8) is 0 Å². The van der Waals surface area contributed by atoms with Crippen LogP contribution in [0.15, 0.2) is 46.2 Å². The van der Waals surface area contributed by atoms with Crippen molar-refractivity contribution in [1.29, 1.82) is 0 Å². The highest BCUT2D eigenvalue weighted by atomic mass is 32.2. The van der Waals surface area contributed by atoms with Crippen LogP contribution in [0.1, 0.15) is 5.69 Å². The van der Waals surface area contributed by atoms with E-state index in [-0.39, 0.29) is 11.9 Å². The summed E-state index contributed by atoms with van der Waals surface area (Å²) in [6.45, 7) is 0. The minimum Gasteiger partial charge on any atom is -0.444 e. The van der Waals surface area contributed by atoms with E-state index in [4.69, 9.17) is 15.9 Å². The van der Waals surface area contributed by atoms with Crippen LogP contribution in [-0.4, -0.2) is 19.9 Å². The summed E-state index contributed by atoms with van der Waals surface area (Å²) in [6.07, 6.45) is 1.61. The number of rotatable bonds is 4. The highest BCUT2D eigenvalue weighted by molar-refractivity contribution is 7.98. The molecule has 4 N–H and O–H groups in total. The number of aromatic nitrogens is 4. The largest absolute Gasteiger partial charge is 0.444 e. The number of benzene rings is 1. The molecule has 0 aliphatic rings. The number of nitrogens with zero attached hydrogens (tertiary/aromatic N) is 4. The van der Waals surface area contributed by atoms with Gasteiger partial charge in [-0.2, -0.15) is 15.0 Å². The first-order valence-electron chi connectivity index (χ1n) is 6.10. The average molecular weight is 300 g/mol. The normalized spacial score (nSPS) is 10.7. The van der Waals surface area contributed by atoms with E-state index in [0.29, 0.717) is 16.8 Å². The molecule has 21 heavy (non-hydrogen) atoms. The van der Waals surface area contributed by atoms with Gasteiger partial charge in [0, 0.05) is 11.3 Å². The van der Waals surface area contributed by atoms with Crippen LogP contribution in [-0.2, 0) is 5.75 Å². The Hall–Kier alpha value is -2.61. The van der Waals surface area contributed by atoms with Crippen LogP contribution in [0.3, 0.4) is 0 Å². The van der Waals surface area contributed by atoms with E-state index in [1.54, 1.807) is 6.26 Å². The van der Waals surface area contributed by atoms with Crippen molar-refractivity contribution >= 4 is 23.7 Å². The van der Waals surface area contributed by atoms with Gasteiger partial charge in [-0.05, 0) is 12.1 Å². The van der Waals surface area contributed by atoms with E-state index in [2.05, 4.69) is 19.9 Å². The molecule has 0 fully saturated rings. The van der Waals surface area contributed by atoms with Gasteiger partial charge in [-0.1, -0.05) is 30.0 Å². The lowest BCUT2D eigenvalue weighted by molar-refractivity contribution is 0.573. The van der Waals surface area contributed by atoms with Gasteiger partial charge < -0.3 is 15.9 Å². The predicted octanol–water partition coefficient (Wildman–Crippen LogP) is 1.98. The molecule has 3 rings (SSSR count). The van der Waals surface area contributed by atoms with Gasteiger partial charge in [0.1, 0.15) is 6.26 Å². The molecule has 0 atom stereocenters. The summed E-state index contributed by atoms with van der Waals surface area (Å²) >= 11 is 1.37. The molecule has 2 heterocycles. The van der Waals surface area contributed by atoms with E-state index >= 15 is 0 Å². The molecule has 0 aliphatic carbocycles. The zero-order valence-corrected chi connectivity index (χ0v) is 11.7. The molecule has 0 aliphatic heterocycles. The molecule has 0 radical (unpaired) electrons. The maximum Gasteiger partial charge on any atom is 0.226 e. The van der Waals surface area contributed by atoms with Crippen LogP contribution in [0.2, 0.25) is 0 Å². The Kier molecular flexibility index (Phi) is 3.69. The van der Waals surface area contributed by atoms with Crippen LogP contribution in [0.25, 0.3) is 11.5 Å². The fourth-order valence-electron chi connectivity index (χ4n) is 1.68. The number of nitrogen functional groups attached to an aromatic ring is 2. The van der Waals surface area contributed by atoms with E-state index in [9.17, 15) is 0 Å². The summed E-state index contributed by atoms with van der Waals surface area (Å²) in [5.74, 6) is 1.35. The number of thioether (sulfide) groups is 1. The zero-order chi connectivity index (χ0) is 14.7. The summed E-state index contributed by atoms with van der Waals surface area (Å²) in [6, 6.07) is 9.69. The van der Waals surface area contributed by atoms with Gasteiger partial charge in [-0.25, -0.2) is 4.98 Å². The summed E-state index contributed by atoms with van der Waals surface area (Å²) in [5, 5.41) is 0.462. The average Bonchev–Trinajstić information content (AvgIpc) is 2.94. The Bertz CT molecular complexity index is 725. The lowest BCUT2D eigenvalue weighted by Crippen LogP contribution is -2.03. The Balaban J connectivity index is 1.70. The first kappa shape index (κ1) is 13.4. The minimum atomic E-state index is 0.107. The molecule has 2 aromatic heterocycles. The molecular weight excluding hydrogens is 288 g/mol. The smallest absolute Gasteiger partial charge is 0.226 e. The van der Waals surface area contributed by atoms with Gasteiger partial charge in [0.15, 0.2) is 5.16 Å². The number of oxazole rings is 1. The van der Waals surface area contributed by atoms with Gasteiger partial charge in [0.05, 0.1) is 5.69 Å². The monoisotopic (exact) mass is 300 g/mol. The molecule has 7 nitrogen and oxygen atoms in total. The Morgan fingerprint density at radius 1 is 0.952 bits per heavy atom. The molecular formula is C13H12N6OS. The second-order valence-corrected chi connectivity index (χ2v) is 5.08. The lowest BCUT2D eigenvalue weighted by Gasteiger charge is -1.99. The number of hydrogen-bond acceptors (Lipinski definition) is 8. The Morgan fingerprint density at radius 3 is 2.38 bits per heavy atom. The third-order valence-electron chi connectivity index (χ3n) is 2.57. The Labute approximate surface area is 124 Å². The second kappa shape index (κ2) is 5.80. The van der Waals surface area contributed by atoms with E-state index in [1.807, 2.05) is 30.3 Å². The van der Waals surface area contributed by atoms with Crippen LogP contribution in [0.5, 0.6) is 0 Å². The summed E-state index contributed by atoms with van der Waals surface area (Å²) in [4.78, 5) is 16.1. The van der Waals surface area contributed by atoms with Crippen LogP contribution in [0, 0.1) is 0 Å². The number of hydrogen-bond donors (Lipinski definition) is 2. The second-order valence-electron chi connectivity index (χ2n) is 4.13. The van der Waals surface area contributed by atoms with Crippen molar-refractivity contribution in [2.45, 2.75) is 10.9 Å². The van der Waals surface area contributed by atoms with Gasteiger partial charge >= 0.3 is 0 Å². The fourth-order valence-corrected chi connectivity index (χ4v) is 2.40. The van der Waals surface area contributed by atoms with Gasteiger partial charge in [-0.3, -0.25) is 0 Å². The van der Waals surface area contributed by atoms with E-state index in [0.717, 1.165) is 11.3 Å². The SMILES string of the molecule is Nc1nc(N)nc(SCc2coc(-c3ccccc3)n2)n1. The predicted molar refractivity (Wildman–Crippen MR) is 80.2 cm³/mol. The molecule has 0 amide bonds. The molecule has 8 heteroatoms. The first-order chi connectivity index (χ1) is 10.2. The molecule has 106 valence electrons. The summed E-state index contributed by atoms with van der Waals surface area (Å²) in [5.41, 5.74) is 12.8. The van der Waals surface area contributed by atoms with E-state index < -0.39 is 0 Å². The Morgan fingerprint density at radius 2 is 1.67 bits per heavy atom. The zero-order valence-electron chi connectivity index (χ0n) is 10.9. The quantitative estimate of drug-likeness (QED) is 0.702. The third-order valence-corrected chi connectivity index (χ3v) is 3.45. The molecule has 0 unspecified atom stereocenters. The van der Waals surface area contributed by atoms with Gasteiger partial charge in [0.25, 0.3) is 0 Å². The number of nitrogens with two attached hydrogens (primary N) is 2. The molecule has 3 aromatic rings. The molecule has 0 spiro atoms.